The molecule has 0 bridgehead atoms. The molecule has 0 spiro atoms. The van der Waals surface area contributed by atoms with E-state index in [2.05, 4.69) is 50.1 Å². The molecule has 3 saturated heterocycles. The Bertz CT molecular complexity index is 1060. The summed E-state index contributed by atoms with van der Waals surface area (Å²) in [5.41, 5.74) is 7.08. The zero-order valence-corrected chi connectivity index (χ0v) is 17.5. The lowest BCUT2D eigenvalue weighted by Crippen LogP contribution is -2.39. The van der Waals surface area contributed by atoms with Gasteiger partial charge in [-0.3, -0.25) is 14.7 Å². The number of nitrogens with one attached hydrogen (secondary N) is 3. The highest BCUT2D eigenvalue weighted by Gasteiger charge is 2.40. The van der Waals surface area contributed by atoms with E-state index in [0.29, 0.717) is 13.2 Å². The molecule has 160 valence electrons. The van der Waals surface area contributed by atoms with E-state index >= 15 is 0 Å². The standard InChI is InChI=1S/C24H27N5O2/c30-24(26-18-4-8-31-9-5-18)21-19-11-16(2-3-20(19)27-23-22(21)28-23)17-10-15(12-25-13-17)14-29-6-1-7-29/h2-3,10-13,18,23,27-28H,1,4-9,14H2,(H,26,30). The van der Waals surface area contributed by atoms with Gasteiger partial charge in [-0.25, -0.2) is 0 Å². The summed E-state index contributed by atoms with van der Waals surface area (Å²) in [6.07, 6.45) is 6.95. The zero-order valence-electron chi connectivity index (χ0n) is 17.5. The van der Waals surface area contributed by atoms with Crippen molar-refractivity contribution in [2.75, 3.05) is 31.6 Å². The number of anilines is 1. The van der Waals surface area contributed by atoms with Gasteiger partial charge in [0.1, 0.15) is 6.17 Å². The van der Waals surface area contributed by atoms with Crippen molar-refractivity contribution >= 4 is 17.2 Å². The highest BCUT2D eigenvalue weighted by atomic mass is 16.5. The number of fused-ring (bicyclic) bond motifs is 2. The van der Waals surface area contributed by atoms with Crippen LogP contribution in [-0.2, 0) is 16.1 Å². The maximum absolute atomic E-state index is 13.2. The fourth-order valence-electron chi connectivity index (χ4n) is 4.67. The van der Waals surface area contributed by atoms with E-state index in [1.54, 1.807) is 0 Å². The summed E-state index contributed by atoms with van der Waals surface area (Å²) in [5, 5.41) is 10.0. The first kappa shape index (κ1) is 18.8. The van der Waals surface area contributed by atoms with Gasteiger partial charge in [0.05, 0.1) is 11.3 Å². The third kappa shape index (κ3) is 3.68. The summed E-state index contributed by atoms with van der Waals surface area (Å²) >= 11 is 0. The van der Waals surface area contributed by atoms with Crippen LogP contribution in [0.3, 0.4) is 0 Å². The summed E-state index contributed by atoms with van der Waals surface area (Å²) in [5.74, 6) is 0.00135. The van der Waals surface area contributed by atoms with Gasteiger partial charge >= 0.3 is 0 Å². The van der Waals surface area contributed by atoms with Crippen molar-refractivity contribution in [3.05, 3.63) is 53.5 Å². The first-order valence-electron chi connectivity index (χ1n) is 11.2. The van der Waals surface area contributed by atoms with Gasteiger partial charge in [0, 0.05) is 55.0 Å². The first-order valence-corrected chi connectivity index (χ1v) is 11.2. The molecule has 2 aromatic rings. The van der Waals surface area contributed by atoms with Crippen molar-refractivity contribution in [1.82, 2.24) is 20.5 Å². The normalized spacial score (nSPS) is 22.5. The molecule has 0 saturated carbocycles. The van der Waals surface area contributed by atoms with Crippen molar-refractivity contribution in [2.45, 2.75) is 38.0 Å². The lowest BCUT2D eigenvalue weighted by atomic mass is 9.94. The van der Waals surface area contributed by atoms with Gasteiger partial charge in [-0.15, -0.1) is 0 Å². The number of hydrogen-bond acceptors (Lipinski definition) is 6. The minimum Gasteiger partial charge on any atom is -0.381 e. The minimum atomic E-state index is 0.00135. The first-order chi connectivity index (χ1) is 15.2. The second-order valence-corrected chi connectivity index (χ2v) is 8.84. The summed E-state index contributed by atoms with van der Waals surface area (Å²) < 4.78 is 5.43. The second-order valence-electron chi connectivity index (χ2n) is 8.84. The molecule has 7 nitrogen and oxygen atoms in total. The van der Waals surface area contributed by atoms with Gasteiger partial charge in [-0.05, 0) is 61.7 Å². The van der Waals surface area contributed by atoms with Crippen LogP contribution in [0.2, 0.25) is 0 Å². The monoisotopic (exact) mass is 417 g/mol. The van der Waals surface area contributed by atoms with Gasteiger partial charge in [0.15, 0.2) is 0 Å². The third-order valence-corrected chi connectivity index (χ3v) is 6.63. The number of likely N-dealkylation sites (tertiary alicyclic amines) is 1. The average molecular weight is 418 g/mol. The zero-order chi connectivity index (χ0) is 20.8. The fraction of sp³-hybridized carbons (Fsp3) is 0.417. The Morgan fingerprint density at radius 3 is 2.81 bits per heavy atom. The average Bonchev–Trinajstić information content (AvgIpc) is 3.54. The van der Waals surface area contributed by atoms with Crippen LogP contribution in [0.25, 0.3) is 16.7 Å². The van der Waals surface area contributed by atoms with Crippen LogP contribution in [0, 0.1) is 0 Å². The molecule has 31 heavy (non-hydrogen) atoms. The quantitative estimate of drug-likeness (QED) is 0.647. The van der Waals surface area contributed by atoms with Crippen molar-refractivity contribution in [3.63, 3.8) is 0 Å². The Kier molecular flexibility index (Phi) is 4.65. The summed E-state index contributed by atoms with van der Waals surface area (Å²) in [6.45, 7) is 4.70. The van der Waals surface area contributed by atoms with Gasteiger partial charge < -0.3 is 20.7 Å². The molecule has 4 aliphatic heterocycles. The highest BCUT2D eigenvalue weighted by molar-refractivity contribution is 6.24. The van der Waals surface area contributed by atoms with E-state index < -0.39 is 0 Å². The number of carbonyl (C=O) groups is 1. The molecule has 3 fully saturated rings. The van der Waals surface area contributed by atoms with E-state index in [1.165, 1.54) is 25.1 Å². The van der Waals surface area contributed by atoms with Gasteiger partial charge in [0.25, 0.3) is 5.91 Å². The maximum Gasteiger partial charge on any atom is 0.254 e. The minimum absolute atomic E-state index is 0.00135. The molecule has 3 N–H and O–H groups in total. The number of amides is 1. The van der Waals surface area contributed by atoms with Crippen LogP contribution in [0.4, 0.5) is 5.69 Å². The van der Waals surface area contributed by atoms with Crippen molar-refractivity contribution in [2.24, 2.45) is 0 Å². The molecular weight excluding hydrogens is 390 g/mol. The van der Waals surface area contributed by atoms with Crippen molar-refractivity contribution < 1.29 is 9.53 Å². The van der Waals surface area contributed by atoms with E-state index in [4.69, 9.17) is 4.74 Å². The van der Waals surface area contributed by atoms with E-state index in [1.807, 2.05) is 12.4 Å². The third-order valence-electron chi connectivity index (χ3n) is 6.63. The van der Waals surface area contributed by atoms with E-state index in [9.17, 15) is 4.79 Å². The molecule has 6 rings (SSSR count). The lowest BCUT2D eigenvalue weighted by Gasteiger charge is -2.30. The van der Waals surface area contributed by atoms with Crippen LogP contribution in [-0.4, -0.2) is 54.3 Å². The number of rotatable bonds is 5. The molecule has 7 heteroatoms. The van der Waals surface area contributed by atoms with Crippen LogP contribution in [0.1, 0.15) is 30.4 Å². The molecule has 1 atom stereocenters. The number of benzene rings is 1. The number of aromatic nitrogens is 1. The second kappa shape index (κ2) is 7.66. The molecule has 1 aromatic heterocycles. The predicted molar refractivity (Wildman–Crippen MR) is 119 cm³/mol. The molecule has 1 unspecified atom stereocenters. The largest absolute Gasteiger partial charge is 0.381 e. The van der Waals surface area contributed by atoms with Gasteiger partial charge in [0.2, 0.25) is 0 Å². The molecule has 1 amide bonds. The molecular formula is C24H27N5O2. The Hall–Kier alpha value is -2.90. The number of ether oxygens (including phenoxy) is 1. The molecule has 0 radical (unpaired) electrons. The SMILES string of the molecule is O=C(NC1CCOCC1)C1=C2NC2Nc2ccc(-c3cncc(CN4CCC4)c3)cc21. The highest BCUT2D eigenvalue weighted by Crippen LogP contribution is 2.40. The molecule has 0 aliphatic carbocycles. The number of nitrogens with zero attached hydrogens (tertiary/aromatic N) is 2. The van der Waals surface area contributed by atoms with E-state index in [-0.39, 0.29) is 18.1 Å². The van der Waals surface area contributed by atoms with Gasteiger partial charge in [-0.2, -0.15) is 0 Å². The number of hydrogen-bond donors (Lipinski definition) is 3. The van der Waals surface area contributed by atoms with Crippen LogP contribution < -0.4 is 16.0 Å². The van der Waals surface area contributed by atoms with E-state index in [0.717, 1.165) is 53.0 Å². The lowest BCUT2D eigenvalue weighted by molar-refractivity contribution is -0.116. The summed E-state index contributed by atoms with van der Waals surface area (Å²) in [7, 11) is 0. The molecule has 5 heterocycles. The summed E-state index contributed by atoms with van der Waals surface area (Å²) in [4.78, 5) is 20.1. The van der Waals surface area contributed by atoms with Crippen molar-refractivity contribution in [1.29, 1.82) is 0 Å². The topological polar surface area (TPSA) is 88.4 Å². The smallest absolute Gasteiger partial charge is 0.254 e. The number of pyridine rings is 1. The van der Waals surface area contributed by atoms with Gasteiger partial charge in [-0.1, -0.05) is 6.07 Å². The molecule has 1 aromatic carbocycles. The van der Waals surface area contributed by atoms with Crippen molar-refractivity contribution in [3.8, 4) is 11.1 Å². The maximum atomic E-state index is 13.2. The Morgan fingerprint density at radius 1 is 1.13 bits per heavy atom. The Morgan fingerprint density at radius 2 is 2.00 bits per heavy atom. The van der Waals surface area contributed by atoms with Crippen LogP contribution >= 0.6 is 0 Å². The Balaban J connectivity index is 1.29. The van der Waals surface area contributed by atoms with Crippen LogP contribution in [0.5, 0.6) is 0 Å². The number of carbonyl (C=O) groups excluding carboxylic acids is 1. The fourth-order valence-corrected chi connectivity index (χ4v) is 4.67. The Labute approximate surface area is 181 Å². The molecule has 4 aliphatic rings. The van der Waals surface area contributed by atoms with Crippen LogP contribution in [0.15, 0.2) is 42.4 Å². The predicted octanol–water partition coefficient (Wildman–Crippen LogP) is 2.32. The summed E-state index contributed by atoms with van der Waals surface area (Å²) in [6, 6.07) is 8.70.